The van der Waals surface area contributed by atoms with Gasteiger partial charge in [-0.05, 0) is 12.8 Å². The highest BCUT2D eigenvalue weighted by Gasteiger charge is 2.21. The Balaban J connectivity index is 2.29. The second kappa shape index (κ2) is 7.07. The van der Waals surface area contributed by atoms with Gasteiger partial charge in [0.15, 0.2) is 0 Å². The summed E-state index contributed by atoms with van der Waals surface area (Å²) in [5, 5.41) is 3.39. The molecule has 5 heteroatoms. The summed E-state index contributed by atoms with van der Waals surface area (Å²) in [7, 11) is 0. The number of hydrogen-bond donors (Lipinski definition) is 1. The van der Waals surface area contributed by atoms with Gasteiger partial charge in [0.1, 0.15) is 17.5 Å². The van der Waals surface area contributed by atoms with Gasteiger partial charge in [-0.1, -0.05) is 27.7 Å². The first-order valence-electron chi connectivity index (χ1n) is 7.97. The Kier molecular flexibility index (Phi) is 5.39. The van der Waals surface area contributed by atoms with E-state index < -0.39 is 0 Å². The molecule has 0 amide bonds. The molecule has 118 valence electrons. The van der Waals surface area contributed by atoms with Crippen LogP contribution in [0, 0.1) is 0 Å². The van der Waals surface area contributed by atoms with Crippen molar-refractivity contribution in [3.05, 3.63) is 11.9 Å². The summed E-state index contributed by atoms with van der Waals surface area (Å²) in [6, 6.07) is 2.07. The molecule has 1 aliphatic heterocycles. The summed E-state index contributed by atoms with van der Waals surface area (Å²) >= 11 is 0. The Morgan fingerprint density at radius 3 is 2.76 bits per heavy atom. The molecule has 0 aliphatic carbocycles. The van der Waals surface area contributed by atoms with Gasteiger partial charge in [-0.15, -0.1) is 0 Å². The topological polar surface area (TPSA) is 50.3 Å². The molecule has 1 saturated heterocycles. The van der Waals surface area contributed by atoms with Crippen LogP contribution >= 0.6 is 0 Å². The van der Waals surface area contributed by atoms with Crippen LogP contribution in [0.25, 0.3) is 0 Å². The van der Waals surface area contributed by atoms with Crippen LogP contribution in [0.4, 0.5) is 11.6 Å². The second-order valence-electron chi connectivity index (χ2n) is 6.56. The standard InChI is InChI=1S/C16H28N4O/c1-5-7-17-13-12-14(19-15(18-13)16(2,3)4)20-8-6-10-21-11-9-20/h12H,5-11H2,1-4H3,(H,17,18,19). The number of rotatable bonds is 4. The van der Waals surface area contributed by atoms with Crippen molar-refractivity contribution in [1.82, 2.24) is 9.97 Å². The lowest BCUT2D eigenvalue weighted by atomic mass is 9.96. The first kappa shape index (κ1) is 16.0. The predicted molar refractivity (Wildman–Crippen MR) is 87.2 cm³/mol. The van der Waals surface area contributed by atoms with Crippen LogP contribution in [0.5, 0.6) is 0 Å². The van der Waals surface area contributed by atoms with Crippen molar-refractivity contribution in [2.75, 3.05) is 43.1 Å². The first-order chi connectivity index (χ1) is 10.0. The minimum atomic E-state index is -0.0546. The summed E-state index contributed by atoms with van der Waals surface area (Å²) in [5.74, 6) is 2.83. The van der Waals surface area contributed by atoms with Gasteiger partial charge >= 0.3 is 0 Å². The molecule has 1 N–H and O–H groups in total. The third kappa shape index (κ3) is 4.56. The molecule has 0 saturated carbocycles. The van der Waals surface area contributed by atoms with Gasteiger partial charge in [0.05, 0.1) is 6.61 Å². The van der Waals surface area contributed by atoms with E-state index in [9.17, 15) is 0 Å². The molecule has 2 heterocycles. The van der Waals surface area contributed by atoms with Crippen molar-refractivity contribution in [3.63, 3.8) is 0 Å². The van der Waals surface area contributed by atoms with Gasteiger partial charge in [-0.2, -0.15) is 0 Å². The number of ether oxygens (including phenoxy) is 1. The zero-order chi connectivity index (χ0) is 15.3. The maximum absolute atomic E-state index is 5.54. The summed E-state index contributed by atoms with van der Waals surface area (Å²) in [4.78, 5) is 11.8. The molecular weight excluding hydrogens is 264 g/mol. The van der Waals surface area contributed by atoms with Gasteiger partial charge in [-0.3, -0.25) is 0 Å². The van der Waals surface area contributed by atoms with Crippen LogP contribution < -0.4 is 10.2 Å². The molecule has 0 spiro atoms. The average molecular weight is 292 g/mol. The fraction of sp³-hybridized carbons (Fsp3) is 0.750. The zero-order valence-electron chi connectivity index (χ0n) is 13.8. The van der Waals surface area contributed by atoms with Crippen molar-refractivity contribution in [2.24, 2.45) is 0 Å². The van der Waals surface area contributed by atoms with E-state index in [-0.39, 0.29) is 5.41 Å². The van der Waals surface area contributed by atoms with E-state index in [1.165, 1.54) is 0 Å². The monoisotopic (exact) mass is 292 g/mol. The lowest BCUT2D eigenvalue weighted by Gasteiger charge is -2.25. The molecule has 5 nitrogen and oxygen atoms in total. The molecule has 0 bridgehead atoms. The third-order valence-electron chi connectivity index (χ3n) is 3.49. The van der Waals surface area contributed by atoms with Gasteiger partial charge in [0.25, 0.3) is 0 Å². The summed E-state index contributed by atoms with van der Waals surface area (Å²) in [5.41, 5.74) is -0.0546. The zero-order valence-corrected chi connectivity index (χ0v) is 13.8. The van der Waals surface area contributed by atoms with E-state index in [2.05, 4.69) is 49.0 Å². The van der Waals surface area contributed by atoms with Crippen LogP contribution in [0.3, 0.4) is 0 Å². The SMILES string of the molecule is CCCNc1cc(N2CCCOCC2)nc(C(C)(C)C)n1. The van der Waals surface area contributed by atoms with Crippen LogP contribution in [-0.2, 0) is 10.2 Å². The van der Waals surface area contributed by atoms with Crippen molar-refractivity contribution in [3.8, 4) is 0 Å². The summed E-state index contributed by atoms with van der Waals surface area (Å²) < 4.78 is 5.54. The maximum Gasteiger partial charge on any atom is 0.138 e. The molecule has 1 aliphatic rings. The minimum Gasteiger partial charge on any atom is -0.380 e. The number of aromatic nitrogens is 2. The highest BCUT2D eigenvalue weighted by atomic mass is 16.5. The third-order valence-corrected chi connectivity index (χ3v) is 3.49. The van der Waals surface area contributed by atoms with E-state index in [1.54, 1.807) is 0 Å². The van der Waals surface area contributed by atoms with Gasteiger partial charge < -0.3 is 15.0 Å². The Labute approximate surface area is 128 Å². The second-order valence-corrected chi connectivity index (χ2v) is 6.56. The largest absolute Gasteiger partial charge is 0.380 e. The molecule has 0 aromatic carbocycles. The van der Waals surface area contributed by atoms with E-state index in [4.69, 9.17) is 9.72 Å². The van der Waals surface area contributed by atoms with Crippen molar-refractivity contribution < 1.29 is 4.74 Å². The van der Waals surface area contributed by atoms with Gasteiger partial charge in [0.2, 0.25) is 0 Å². The van der Waals surface area contributed by atoms with Crippen molar-refractivity contribution >= 4 is 11.6 Å². The smallest absolute Gasteiger partial charge is 0.138 e. The number of nitrogens with one attached hydrogen (secondary N) is 1. The molecule has 21 heavy (non-hydrogen) atoms. The Bertz CT molecular complexity index is 448. The Morgan fingerprint density at radius 1 is 1.24 bits per heavy atom. The molecule has 0 unspecified atom stereocenters. The van der Waals surface area contributed by atoms with E-state index in [0.29, 0.717) is 0 Å². The average Bonchev–Trinajstić information content (AvgIpc) is 2.73. The molecular formula is C16H28N4O. The normalized spacial score (nSPS) is 16.7. The number of hydrogen-bond acceptors (Lipinski definition) is 5. The molecule has 0 atom stereocenters. The van der Waals surface area contributed by atoms with Crippen molar-refractivity contribution in [1.29, 1.82) is 0 Å². The Hall–Kier alpha value is -1.36. The van der Waals surface area contributed by atoms with Gasteiger partial charge in [-0.25, -0.2) is 9.97 Å². The van der Waals surface area contributed by atoms with Crippen LogP contribution in [0.2, 0.25) is 0 Å². The lowest BCUT2D eigenvalue weighted by Crippen LogP contribution is -2.28. The highest BCUT2D eigenvalue weighted by molar-refractivity contribution is 5.50. The van der Waals surface area contributed by atoms with Gasteiger partial charge in [0, 0.05) is 37.7 Å². The number of nitrogens with zero attached hydrogens (tertiary/aromatic N) is 3. The van der Waals surface area contributed by atoms with Crippen LogP contribution in [-0.4, -0.2) is 42.8 Å². The predicted octanol–water partition coefficient (Wildman–Crippen LogP) is 2.82. The minimum absolute atomic E-state index is 0.0546. The Morgan fingerprint density at radius 2 is 2.05 bits per heavy atom. The van der Waals surface area contributed by atoms with E-state index >= 15 is 0 Å². The first-order valence-corrected chi connectivity index (χ1v) is 7.97. The van der Waals surface area contributed by atoms with Crippen LogP contribution in [0.15, 0.2) is 6.07 Å². The maximum atomic E-state index is 5.54. The molecule has 1 aromatic rings. The van der Waals surface area contributed by atoms with E-state index in [1.807, 2.05) is 0 Å². The van der Waals surface area contributed by atoms with Crippen LogP contribution in [0.1, 0.15) is 46.4 Å². The quantitative estimate of drug-likeness (QED) is 0.925. The summed E-state index contributed by atoms with van der Waals surface area (Å²) in [6.45, 7) is 13.1. The lowest BCUT2D eigenvalue weighted by molar-refractivity contribution is 0.152. The molecule has 2 rings (SSSR count). The number of anilines is 2. The molecule has 1 aromatic heterocycles. The van der Waals surface area contributed by atoms with Crippen molar-refractivity contribution in [2.45, 2.75) is 46.0 Å². The fourth-order valence-corrected chi connectivity index (χ4v) is 2.25. The fourth-order valence-electron chi connectivity index (χ4n) is 2.25. The molecule has 0 radical (unpaired) electrons. The summed E-state index contributed by atoms with van der Waals surface area (Å²) in [6.07, 6.45) is 2.13. The van der Waals surface area contributed by atoms with E-state index in [0.717, 1.165) is 63.1 Å². The molecule has 1 fully saturated rings. The highest BCUT2D eigenvalue weighted by Crippen LogP contribution is 2.24.